The minimum atomic E-state index is -0.361. The Morgan fingerprint density at radius 3 is 2.25 bits per heavy atom. The summed E-state index contributed by atoms with van der Waals surface area (Å²) in [4.78, 5) is 0. The summed E-state index contributed by atoms with van der Waals surface area (Å²) in [7, 11) is 0.431. The summed E-state index contributed by atoms with van der Waals surface area (Å²) >= 11 is 0. The number of aliphatic hydroxyl groups excluding tert-OH is 1. The Labute approximate surface area is 24.7 Å². The summed E-state index contributed by atoms with van der Waals surface area (Å²) in [5.74, 6) is 0. The van der Waals surface area contributed by atoms with E-state index in [1.165, 1.54) is 0 Å². The molecular weight excluding hydrogens is 54.8 g/mol. The van der Waals surface area contributed by atoms with Gasteiger partial charge in [-0.2, -0.15) is 0 Å². The van der Waals surface area contributed by atoms with Crippen molar-refractivity contribution in [2.24, 2.45) is 0 Å². The van der Waals surface area contributed by atoms with E-state index in [2.05, 4.69) is 0 Å². The molecule has 3 heteroatoms. The maximum absolute atomic E-state index is 8.92. The summed E-state index contributed by atoms with van der Waals surface area (Å²) in [5.41, 5.74) is 0. The molecule has 1 N–H and O–H groups in total. The zero-order valence-electron chi connectivity index (χ0n) is 2.14. The average molecular weight is 57.8 g/mol. The summed E-state index contributed by atoms with van der Waals surface area (Å²) in [6, 6.07) is 0. The SMILES string of the molecule is O=BCO. The molecule has 0 heterocycles. The molecule has 0 atom stereocenters. The van der Waals surface area contributed by atoms with E-state index < -0.39 is 0 Å². The second kappa shape index (κ2) is 2.82. The van der Waals surface area contributed by atoms with Crippen LogP contribution in [0.15, 0.2) is 0 Å². The van der Waals surface area contributed by atoms with Gasteiger partial charge in [-0.3, -0.25) is 0 Å². The van der Waals surface area contributed by atoms with Crippen LogP contribution in [-0.2, 0) is 4.70 Å². The quantitative estimate of drug-likeness (QED) is 0.392. The van der Waals surface area contributed by atoms with Crippen LogP contribution in [0.1, 0.15) is 0 Å². The predicted molar refractivity (Wildman–Crippen MR) is 13.5 cm³/mol. The topological polar surface area (TPSA) is 37.3 Å². The summed E-state index contributed by atoms with van der Waals surface area (Å²) in [6.07, 6.45) is 0. The van der Waals surface area contributed by atoms with E-state index in [1.54, 1.807) is 0 Å². The van der Waals surface area contributed by atoms with Gasteiger partial charge in [0.05, 0.1) is 0 Å². The van der Waals surface area contributed by atoms with E-state index in [-0.39, 0.29) is 6.51 Å². The van der Waals surface area contributed by atoms with E-state index in [4.69, 9.17) is 9.81 Å². The maximum atomic E-state index is 8.92. The van der Waals surface area contributed by atoms with Crippen LogP contribution >= 0.6 is 0 Å². The van der Waals surface area contributed by atoms with Gasteiger partial charge in [0.2, 0.25) is 0 Å². The molecule has 0 saturated carbocycles. The van der Waals surface area contributed by atoms with Gasteiger partial charge < -0.3 is 0 Å². The zero-order valence-corrected chi connectivity index (χ0v) is 2.14. The van der Waals surface area contributed by atoms with Crippen molar-refractivity contribution in [2.75, 3.05) is 6.51 Å². The molecule has 0 aromatic heterocycles. The van der Waals surface area contributed by atoms with Gasteiger partial charge in [0, 0.05) is 0 Å². The molecular formula is CH3BO2. The van der Waals surface area contributed by atoms with E-state index in [0.717, 1.165) is 0 Å². The van der Waals surface area contributed by atoms with Crippen molar-refractivity contribution in [3.63, 3.8) is 0 Å². The van der Waals surface area contributed by atoms with Crippen molar-refractivity contribution in [1.29, 1.82) is 0 Å². The Morgan fingerprint density at radius 1 is 2.00 bits per heavy atom. The first-order chi connectivity index (χ1) is 1.91. The van der Waals surface area contributed by atoms with Crippen molar-refractivity contribution in [1.82, 2.24) is 0 Å². The molecule has 0 saturated heterocycles. The van der Waals surface area contributed by atoms with Crippen molar-refractivity contribution >= 4 is 7.15 Å². The van der Waals surface area contributed by atoms with E-state index in [1.807, 2.05) is 0 Å². The number of hydrogen-bond donors (Lipinski definition) is 1. The zero-order chi connectivity index (χ0) is 3.41. The first-order valence-corrected chi connectivity index (χ1v) is 0.960. The third-order valence-electron chi connectivity index (χ3n) is 0.0745. The monoisotopic (exact) mass is 58.0 g/mol. The molecule has 0 radical (unpaired) electrons. The fraction of sp³-hybridized carbons (Fsp3) is 1.00. The summed E-state index contributed by atoms with van der Waals surface area (Å²) < 4.78 is 8.92. The van der Waals surface area contributed by atoms with Gasteiger partial charge in [-0.15, -0.1) is 0 Å². The van der Waals surface area contributed by atoms with Crippen LogP contribution in [0.4, 0.5) is 0 Å². The molecule has 0 rings (SSSR count). The minimum absolute atomic E-state index is 0.361. The van der Waals surface area contributed by atoms with Crippen LogP contribution in [0.5, 0.6) is 0 Å². The van der Waals surface area contributed by atoms with Crippen LogP contribution in [0, 0.1) is 0 Å². The molecule has 22 valence electrons. The van der Waals surface area contributed by atoms with Crippen LogP contribution in [0.25, 0.3) is 0 Å². The normalized spacial score (nSPS) is 5.25. The van der Waals surface area contributed by atoms with Crippen LogP contribution in [0.2, 0.25) is 0 Å². The van der Waals surface area contributed by atoms with E-state index in [0.29, 0.717) is 7.15 Å². The Hall–Kier alpha value is -0.175. The van der Waals surface area contributed by atoms with Crippen molar-refractivity contribution in [3.05, 3.63) is 0 Å². The van der Waals surface area contributed by atoms with Gasteiger partial charge >= 0.3 is 23.5 Å². The van der Waals surface area contributed by atoms with Gasteiger partial charge in [-0.25, -0.2) is 0 Å². The van der Waals surface area contributed by atoms with Gasteiger partial charge in [0.25, 0.3) is 0 Å². The van der Waals surface area contributed by atoms with Gasteiger partial charge in [-0.1, -0.05) is 0 Å². The van der Waals surface area contributed by atoms with Gasteiger partial charge in [0.15, 0.2) is 0 Å². The summed E-state index contributed by atoms with van der Waals surface area (Å²) in [6.45, 7) is -0.361. The molecule has 0 aromatic carbocycles. The van der Waals surface area contributed by atoms with Crippen LogP contribution < -0.4 is 0 Å². The molecule has 0 aromatic rings. The molecule has 0 spiro atoms. The Kier molecular flexibility index (Phi) is 2.70. The fourth-order valence-corrected chi connectivity index (χ4v) is 0. The molecule has 4 heavy (non-hydrogen) atoms. The second-order valence-corrected chi connectivity index (χ2v) is 0.349. The fourth-order valence-electron chi connectivity index (χ4n) is 0. The third-order valence-corrected chi connectivity index (χ3v) is 0.0745. The molecule has 0 fully saturated rings. The third kappa shape index (κ3) is 1.82. The van der Waals surface area contributed by atoms with Crippen LogP contribution in [0.3, 0.4) is 0 Å². The Balaban J connectivity index is 2.30. The molecule has 0 aliphatic rings. The number of rotatable bonds is 1. The molecule has 0 bridgehead atoms. The average Bonchev–Trinajstić information content (AvgIpc) is 1.37. The molecule has 0 aliphatic heterocycles. The second-order valence-electron chi connectivity index (χ2n) is 0.349. The molecule has 0 amide bonds. The standard InChI is InChI=1S/CH3BO2/c3-1-2-4/h3H,1H2. The van der Waals surface area contributed by atoms with Crippen molar-refractivity contribution in [3.8, 4) is 0 Å². The number of aliphatic hydroxyl groups is 1. The Bertz CT molecular complexity index is 20.0. The Morgan fingerprint density at radius 2 is 2.25 bits per heavy atom. The first-order valence-electron chi connectivity index (χ1n) is 0.960. The van der Waals surface area contributed by atoms with Gasteiger partial charge in [-0.05, 0) is 0 Å². The van der Waals surface area contributed by atoms with E-state index in [9.17, 15) is 0 Å². The number of hydrogen-bond acceptors (Lipinski definition) is 2. The van der Waals surface area contributed by atoms with E-state index >= 15 is 0 Å². The summed E-state index contributed by atoms with van der Waals surface area (Å²) in [5, 5.41) is 7.51. The molecule has 0 unspecified atom stereocenters. The van der Waals surface area contributed by atoms with Crippen LogP contribution in [-0.4, -0.2) is 18.8 Å². The van der Waals surface area contributed by atoms with Gasteiger partial charge in [0.1, 0.15) is 0 Å². The molecule has 2 nitrogen and oxygen atoms in total. The first kappa shape index (κ1) is 3.82. The predicted octanol–water partition coefficient (Wildman–Crippen LogP) is -1.01. The molecule has 0 aliphatic carbocycles. The van der Waals surface area contributed by atoms with Crippen molar-refractivity contribution < 1.29 is 9.81 Å². The van der Waals surface area contributed by atoms with Crippen molar-refractivity contribution in [2.45, 2.75) is 0 Å².